The van der Waals surface area contributed by atoms with Gasteiger partial charge in [-0.15, -0.1) is 0 Å². The predicted molar refractivity (Wildman–Crippen MR) is 179 cm³/mol. The summed E-state index contributed by atoms with van der Waals surface area (Å²) in [5, 5.41) is 5.53. The fourth-order valence-corrected chi connectivity index (χ4v) is 5.36. The summed E-state index contributed by atoms with van der Waals surface area (Å²) in [6.45, 7) is 13.3. The standard InChI is InChI=1S/C34H37N3O5SSi/c1-22-17-18-41-29(22)32(39)36-25-10-8-9-23(19-25)13-16-27-30(43)28(20-35-31(27)38)33(40)37(5)26-14-11-24(12-15-26)21-42-44(6,7)34(2,3)4/h8-12,14-15,17-20,27H,21H2,1-7H3,(H,35,38)(H,36,39). The maximum absolute atomic E-state index is 13.5. The number of nitrogens with one attached hydrogen (secondary N) is 2. The summed E-state index contributed by atoms with van der Waals surface area (Å²) in [6.07, 6.45) is 2.80. The lowest BCUT2D eigenvalue weighted by atomic mass is 9.94. The minimum atomic E-state index is -1.89. The zero-order chi connectivity index (χ0) is 32.2. The molecule has 0 fully saturated rings. The van der Waals surface area contributed by atoms with Crippen molar-refractivity contribution in [1.29, 1.82) is 0 Å². The van der Waals surface area contributed by atoms with Gasteiger partial charge in [0.25, 0.3) is 11.8 Å². The highest BCUT2D eigenvalue weighted by Gasteiger charge is 2.37. The molecule has 1 aromatic heterocycles. The van der Waals surface area contributed by atoms with Crippen molar-refractivity contribution >= 4 is 54.5 Å². The number of rotatable bonds is 7. The molecule has 0 spiro atoms. The Morgan fingerprint density at radius 3 is 2.48 bits per heavy atom. The summed E-state index contributed by atoms with van der Waals surface area (Å²) in [5.74, 6) is 3.95. The van der Waals surface area contributed by atoms with Crippen LogP contribution >= 0.6 is 12.2 Å². The van der Waals surface area contributed by atoms with Crippen LogP contribution in [0.3, 0.4) is 0 Å². The molecule has 2 N–H and O–H groups in total. The van der Waals surface area contributed by atoms with E-state index in [1.807, 2.05) is 24.3 Å². The molecule has 228 valence electrons. The first-order chi connectivity index (χ1) is 20.7. The van der Waals surface area contributed by atoms with E-state index in [2.05, 4.69) is 56.3 Å². The smallest absolute Gasteiger partial charge is 0.291 e. The molecule has 0 bridgehead atoms. The van der Waals surface area contributed by atoms with Gasteiger partial charge in [0.15, 0.2) is 14.1 Å². The Hall–Kier alpha value is -4.30. The van der Waals surface area contributed by atoms with Crippen molar-refractivity contribution in [3.05, 3.63) is 95.1 Å². The average molecular weight is 628 g/mol. The lowest BCUT2D eigenvalue weighted by Crippen LogP contribution is -2.42. The molecule has 4 rings (SSSR count). The Morgan fingerprint density at radius 2 is 1.84 bits per heavy atom. The Morgan fingerprint density at radius 1 is 1.14 bits per heavy atom. The molecule has 1 aliphatic rings. The van der Waals surface area contributed by atoms with Crippen molar-refractivity contribution in [2.75, 3.05) is 17.3 Å². The van der Waals surface area contributed by atoms with Crippen LogP contribution in [0.4, 0.5) is 11.4 Å². The zero-order valence-corrected chi connectivity index (χ0v) is 27.8. The number of benzene rings is 2. The molecule has 0 saturated carbocycles. The topological polar surface area (TPSA) is 101 Å². The third kappa shape index (κ3) is 7.42. The number of likely N-dealkylation sites (N-methyl/N-ethyl adjacent to an activating group) is 1. The SMILES string of the molecule is Cc1ccoc1C(=O)Nc1cccc(C#CC2C(=O)NC=C(C(=O)N(C)c3ccc(CO[Si](C)(C)C(C)(C)C)cc3)C2=S)c1. The molecule has 2 heterocycles. The molecule has 2 aromatic carbocycles. The molecule has 44 heavy (non-hydrogen) atoms. The lowest BCUT2D eigenvalue weighted by Gasteiger charge is -2.36. The summed E-state index contributed by atoms with van der Waals surface area (Å²) in [5.41, 5.74) is 3.70. The van der Waals surface area contributed by atoms with Gasteiger partial charge in [0.1, 0.15) is 5.92 Å². The Labute approximate surface area is 265 Å². The lowest BCUT2D eigenvalue weighted by molar-refractivity contribution is -0.120. The molecule has 0 saturated heterocycles. The zero-order valence-electron chi connectivity index (χ0n) is 26.0. The van der Waals surface area contributed by atoms with E-state index >= 15 is 0 Å². The highest BCUT2D eigenvalue weighted by Crippen LogP contribution is 2.37. The maximum Gasteiger partial charge on any atom is 0.291 e. The first-order valence-electron chi connectivity index (χ1n) is 14.2. The first-order valence-corrected chi connectivity index (χ1v) is 17.5. The molecule has 3 aromatic rings. The molecule has 10 heteroatoms. The second kappa shape index (κ2) is 13.1. The van der Waals surface area contributed by atoms with Gasteiger partial charge >= 0.3 is 0 Å². The van der Waals surface area contributed by atoms with Gasteiger partial charge in [-0.3, -0.25) is 14.4 Å². The molecule has 8 nitrogen and oxygen atoms in total. The minimum absolute atomic E-state index is 0.116. The molecule has 1 unspecified atom stereocenters. The molecule has 3 amide bonds. The van der Waals surface area contributed by atoms with E-state index in [-0.39, 0.29) is 33.1 Å². The summed E-state index contributed by atoms with van der Waals surface area (Å²) in [6, 6.07) is 16.2. The molecule has 1 aliphatic heterocycles. The fraction of sp³-hybridized carbons (Fsp3) is 0.294. The van der Waals surface area contributed by atoms with E-state index in [4.69, 9.17) is 21.1 Å². The van der Waals surface area contributed by atoms with Crippen molar-refractivity contribution in [2.45, 2.75) is 52.4 Å². The number of aryl methyl sites for hydroxylation is 1. The molecule has 0 aliphatic carbocycles. The molecule has 1 atom stereocenters. The normalized spacial score (nSPS) is 15.1. The highest BCUT2D eigenvalue weighted by atomic mass is 32.1. The van der Waals surface area contributed by atoms with Crippen LogP contribution in [0, 0.1) is 24.7 Å². The van der Waals surface area contributed by atoms with E-state index in [9.17, 15) is 14.4 Å². The number of carbonyl (C=O) groups is 3. The third-order valence-corrected chi connectivity index (χ3v) is 12.9. The van der Waals surface area contributed by atoms with Gasteiger partial charge in [0.05, 0.1) is 23.3 Å². The quantitative estimate of drug-likeness (QED) is 0.179. The average Bonchev–Trinajstić information content (AvgIpc) is 3.41. The number of carbonyl (C=O) groups excluding carboxylic acids is 3. The number of amides is 3. The van der Waals surface area contributed by atoms with Crippen molar-refractivity contribution in [3.63, 3.8) is 0 Å². The van der Waals surface area contributed by atoms with E-state index in [0.29, 0.717) is 23.5 Å². The maximum atomic E-state index is 13.5. The van der Waals surface area contributed by atoms with Crippen molar-refractivity contribution in [3.8, 4) is 11.8 Å². The van der Waals surface area contributed by atoms with E-state index in [1.165, 1.54) is 17.4 Å². The monoisotopic (exact) mass is 627 g/mol. The second-order valence-corrected chi connectivity index (χ2v) is 17.4. The van der Waals surface area contributed by atoms with Crippen LogP contribution in [0.1, 0.15) is 48.0 Å². The van der Waals surface area contributed by atoms with Gasteiger partial charge in [-0.05, 0) is 67.0 Å². The number of hydrogen-bond donors (Lipinski definition) is 2. The van der Waals surface area contributed by atoms with Gasteiger partial charge in [0, 0.05) is 35.7 Å². The molecule has 0 radical (unpaired) electrons. The van der Waals surface area contributed by atoms with Crippen LogP contribution < -0.4 is 15.5 Å². The van der Waals surface area contributed by atoms with Gasteiger partial charge in [-0.1, -0.05) is 63.0 Å². The number of anilines is 2. The number of thiocarbonyl (C=S) groups is 1. The van der Waals surface area contributed by atoms with Crippen LogP contribution in [0.2, 0.25) is 18.1 Å². The fourth-order valence-electron chi connectivity index (χ4n) is 4.09. The van der Waals surface area contributed by atoms with E-state index in [0.717, 1.165) is 11.1 Å². The van der Waals surface area contributed by atoms with Crippen LogP contribution in [-0.2, 0) is 20.6 Å². The van der Waals surface area contributed by atoms with Gasteiger partial charge in [-0.25, -0.2) is 0 Å². The van der Waals surface area contributed by atoms with Crippen LogP contribution in [0.25, 0.3) is 0 Å². The third-order valence-electron chi connectivity index (χ3n) is 7.96. The second-order valence-electron chi connectivity index (χ2n) is 12.2. The van der Waals surface area contributed by atoms with Crippen molar-refractivity contribution in [1.82, 2.24) is 5.32 Å². The minimum Gasteiger partial charge on any atom is -0.459 e. The molecular formula is C34H37N3O5SSi. The summed E-state index contributed by atoms with van der Waals surface area (Å²) >= 11 is 5.59. The summed E-state index contributed by atoms with van der Waals surface area (Å²) in [4.78, 5) is 40.3. The van der Waals surface area contributed by atoms with Crippen LogP contribution in [0.15, 0.2) is 77.1 Å². The molecular weight excluding hydrogens is 591 g/mol. The van der Waals surface area contributed by atoms with E-state index in [1.54, 1.807) is 44.3 Å². The van der Waals surface area contributed by atoms with Gasteiger partial charge < -0.3 is 24.4 Å². The van der Waals surface area contributed by atoms with Gasteiger partial charge in [-0.2, -0.15) is 0 Å². The predicted octanol–water partition coefficient (Wildman–Crippen LogP) is 6.38. The van der Waals surface area contributed by atoms with Gasteiger partial charge in [0.2, 0.25) is 5.91 Å². The summed E-state index contributed by atoms with van der Waals surface area (Å²) < 4.78 is 11.6. The van der Waals surface area contributed by atoms with Crippen LogP contribution in [0.5, 0.6) is 0 Å². The number of hydrogen-bond acceptors (Lipinski definition) is 6. The highest BCUT2D eigenvalue weighted by molar-refractivity contribution is 7.81. The van der Waals surface area contributed by atoms with Crippen molar-refractivity contribution < 1.29 is 23.2 Å². The van der Waals surface area contributed by atoms with Crippen LogP contribution in [-0.4, -0.2) is 38.0 Å². The summed E-state index contributed by atoms with van der Waals surface area (Å²) in [7, 11) is -0.225. The Balaban J connectivity index is 1.43. The Kier molecular flexibility index (Phi) is 9.74. The number of nitrogens with zero attached hydrogens (tertiary/aromatic N) is 1. The Bertz CT molecular complexity index is 1690. The number of furan rings is 1. The van der Waals surface area contributed by atoms with E-state index < -0.39 is 20.1 Å². The largest absolute Gasteiger partial charge is 0.459 e. The van der Waals surface area contributed by atoms with Crippen molar-refractivity contribution in [2.24, 2.45) is 5.92 Å². The first kappa shape index (κ1) is 32.6.